The third kappa shape index (κ3) is 3.22. The molecule has 1 saturated heterocycles. The molecule has 0 bridgehead atoms. The largest absolute Gasteiger partial charge is 0.274 e. The lowest BCUT2D eigenvalue weighted by Crippen LogP contribution is -2.49. The molecule has 3 N–H and O–H groups in total. The zero-order valence-corrected chi connectivity index (χ0v) is 8.78. The molecule has 6 nitrogen and oxygen atoms in total. The van der Waals surface area contributed by atoms with E-state index in [1.807, 2.05) is 0 Å². The Kier molecular flexibility index (Phi) is 2.44. The topological polar surface area (TPSA) is 106 Å². The normalized spacial score (nSPS) is 33.4. The van der Waals surface area contributed by atoms with Crippen molar-refractivity contribution in [2.75, 3.05) is 11.5 Å². The highest BCUT2D eigenvalue weighted by molar-refractivity contribution is 7.92. The van der Waals surface area contributed by atoms with Crippen molar-refractivity contribution in [2.45, 2.75) is 18.9 Å². The molecule has 0 amide bonds. The zero-order valence-electron chi connectivity index (χ0n) is 7.15. The molecule has 1 unspecified atom stereocenters. The van der Waals surface area contributed by atoms with E-state index in [1.165, 1.54) is 6.92 Å². The zero-order chi connectivity index (χ0) is 10.3. The highest BCUT2D eigenvalue weighted by Crippen LogP contribution is 2.22. The van der Waals surface area contributed by atoms with Crippen molar-refractivity contribution in [3.63, 3.8) is 0 Å². The van der Waals surface area contributed by atoms with Gasteiger partial charge in [0, 0.05) is 5.54 Å². The minimum absolute atomic E-state index is 0.00597. The molecule has 0 aromatic heterocycles. The van der Waals surface area contributed by atoms with E-state index in [-0.39, 0.29) is 17.9 Å². The molecule has 1 heterocycles. The summed E-state index contributed by atoms with van der Waals surface area (Å²) in [6, 6.07) is 0. The molecule has 8 heteroatoms. The smallest absolute Gasteiger partial charge is 0.229 e. The van der Waals surface area contributed by atoms with E-state index in [9.17, 15) is 16.8 Å². The second-order valence-electron chi connectivity index (χ2n) is 3.55. The molecule has 0 radical (unpaired) electrons. The van der Waals surface area contributed by atoms with Gasteiger partial charge in [0.15, 0.2) is 9.84 Å². The minimum atomic E-state index is -3.83. The van der Waals surface area contributed by atoms with Crippen LogP contribution >= 0.6 is 0 Å². The van der Waals surface area contributed by atoms with E-state index >= 15 is 0 Å². The Bertz CT molecular complexity index is 398. The third-order valence-corrected chi connectivity index (χ3v) is 4.57. The number of nitrogens with one attached hydrogen (secondary N) is 1. The average Bonchev–Trinajstić information content (AvgIpc) is 2.00. The summed E-state index contributed by atoms with van der Waals surface area (Å²) in [6.07, 6.45) is 0.270. The first-order valence-corrected chi connectivity index (χ1v) is 7.01. The van der Waals surface area contributed by atoms with Gasteiger partial charge in [-0.05, 0) is 13.3 Å². The van der Waals surface area contributed by atoms with Crippen molar-refractivity contribution < 1.29 is 16.8 Å². The van der Waals surface area contributed by atoms with Crippen molar-refractivity contribution in [1.82, 2.24) is 4.72 Å². The van der Waals surface area contributed by atoms with Crippen LogP contribution in [0.2, 0.25) is 0 Å². The van der Waals surface area contributed by atoms with Crippen molar-refractivity contribution in [3.8, 4) is 0 Å². The van der Waals surface area contributed by atoms with E-state index in [2.05, 4.69) is 4.72 Å². The summed E-state index contributed by atoms with van der Waals surface area (Å²) in [5, 5.41) is 4.76. The van der Waals surface area contributed by atoms with Crippen LogP contribution in [0.15, 0.2) is 0 Å². The van der Waals surface area contributed by atoms with E-state index in [0.717, 1.165) is 0 Å². The Hall–Kier alpha value is -0.180. The number of hydrogen-bond donors (Lipinski definition) is 2. The fraction of sp³-hybridized carbons (Fsp3) is 1.00. The summed E-state index contributed by atoms with van der Waals surface area (Å²) < 4.78 is 45.6. The van der Waals surface area contributed by atoms with E-state index < -0.39 is 25.6 Å². The van der Waals surface area contributed by atoms with Gasteiger partial charge in [-0.2, -0.15) is 13.1 Å². The van der Waals surface area contributed by atoms with Gasteiger partial charge in [-0.25, -0.2) is 13.6 Å². The summed E-state index contributed by atoms with van der Waals surface area (Å²) in [6.45, 7) is 1.53. The SMILES string of the molecule is CC1(NS(N)(=O)=O)CCS(=O)(=O)C1. The second kappa shape index (κ2) is 2.91. The van der Waals surface area contributed by atoms with Crippen LogP contribution in [-0.2, 0) is 20.0 Å². The maximum absolute atomic E-state index is 11.1. The first kappa shape index (κ1) is 10.9. The molecule has 1 rings (SSSR count). The van der Waals surface area contributed by atoms with Gasteiger partial charge in [-0.3, -0.25) is 0 Å². The number of rotatable bonds is 2. The van der Waals surface area contributed by atoms with Crippen molar-refractivity contribution in [1.29, 1.82) is 0 Å². The van der Waals surface area contributed by atoms with Crippen LogP contribution in [0.25, 0.3) is 0 Å². The van der Waals surface area contributed by atoms with Crippen LogP contribution in [0.4, 0.5) is 0 Å². The van der Waals surface area contributed by atoms with Gasteiger partial charge in [0.25, 0.3) is 10.2 Å². The number of sulfone groups is 1. The Morgan fingerprint density at radius 1 is 1.46 bits per heavy atom. The van der Waals surface area contributed by atoms with Crippen LogP contribution in [0.1, 0.15) is 13.3 Å². The average molecular weight is 228 g/mol. The Labute approximate surface area is 77.6 Å². The molecule has 78 valence electrons. The summed E-state index contributed by atoms with van der Waals surface area (Å²) >= 11 is 0. The lowest BCUT2D eigenvalue weighted by Gasteiger charge is -2.21. The molecule has 0 aliphatic carbocycles. The van der Waals surface area contributed by atoms with Crippen LogP contribution in [-0.4, -0.2) is 33.9 Å². The summed E-state index contributed by atoms with van der Waals surface area (Å²) in [4.78, 5) is 0. The van der Waals surface area contributed by atoms with Gasteiger partial charge in [0.2, 0.25) is 0 Å². The quantitative estimate of drug-likeness (QED) is 0.591. The van der Waals surface area contributed by atoms with E-state index in [1.54, 1.807) is 0 Å². The first-order valence-electron chi connectivity index (χ1n) is 3.64. The molecule has 0 saturated carbocycles. The number of nitrogens with two attached hydrogens (primary N) is 1. The molecular weight excluding hydrogens is 216 g/mol. The Morgan fingerprint density at radius 3 is 2.31 bits per heavy atom. The first-order chi connectivity index (χ1) is 5.62. The van der Waals surface area contributed by atoms with Gasteiger partial charge >= 0.3 is 0 Å². The van der Waals surface area contributed by atoms with Gasteiger partial charge < -0.3 is 0 Å². The fourth-order valence-corrected chi connectivity index (χ4v) is 4.48. The monoisotopic (exact) mass is 228 g/mol. The number of hydrogen-bond acceptors (Lipinski definition) is 4. The molecule has 13 heavy (non-hydrogen) atoms. The highest BCUT2D eigenvalue weighted by atomic mass is 32.2. The third-order valence-electron chi connectivity index (χ3n) is 1.89. The summed E-state index contributed by atoms with van der Waals surface area (Å²) in [5.41, 5.74) is -0.938. The molecule has 1 aliphatic heterocycles. The van der Waals surface area contributed by atoms with E-state index in [4.69, 9.17) is 5.14 Å². The molecule has 0 aromatic rings. The van der Waals surface area contributed by atoms with Gasteiger partial charge in [-0.15, -0.1) is 0 Å². The molecule has 0 aromatic carbocycles. The minimum Gasteiger partial charge on any atom is -0.229 e. The molecule has 1 atom stereocenters. The maximum atomic E-state index is 11.1. The predicted octanol–water partition coefficient (Wildman–Crippen LogP) is -1.64. The van der Waals surface area contributed by atoms with Crippen LogP contribution in [0, 0.1) is 0 Å². The van der Waals surface area contributed by atoms with Crippen LogP contribution in [0.5, 0.6) is 0 Å². The fourth-order valence-electron chi connectivity index (χ4n) is 1.43. The summed E-state index contributed by atoms with van der Waals surface area (Å²) in [7, 11) is -6.94. The highest BCUT2D eigenvalue weighted by Gasteiger charge is 2.40. The van der Waals surface area contributed by atoms with Crippen molar-refractivity contribution in [2.24, 2.45) is 5.14 Å². The van der Waals surface area contributed by atoms with Crippen LogP contribution in [0.3, 0.4) is 0 Å². The Balaban J connectivity index is 2.83. The van der Waals surface area contributed by atoms with Crippen molar-refractivity contribution >= 4 is 20.0 Å². The lowest BCUT2D eigenvalue weighted by molar-refractivity contribution is 0.462. The maximum Gasteiger partial charge on any atom is 0.274 e. The lowest BCUT2D eigenvalue weighted by atomic mass is 10.0. The van der Waals surface area contributed by atoms with E-state index in [0.29, 0.717) is 0 Å². The van der Waals surface area contributed by atoms with Gasteiger partial charge in [-0.1, -0.05) is 0 Å². The van der Waals surface area contributed by atoms with Gasteiger partial charge in [0.1, 0.15) is 0 Å². The van der Waals surface area contributed by atoms with Gasteiger partial charge in [0.05, 0.1) is 11.5 Å². The molecule has 0 spiro atoms. The Morgan fingerprint density at radius 2 is 2.00 bits per heavy atom. The van der Waals surface area contributed by atoms with Crippen LogP contribution < -0.4 is 9.86 Å². The van der Waals surface area contributed by atoms with Crippen molar-refractivity contribution in [3.05, 3.63) is 0 Å². The molecule has 1 fully saturated rings. The summed E-state index contributed by atoms with van der Waals surface area (Å²) in [5.74, 6) is -0.178. The molecule has 1 aliphatic rings. The predicted molar refractivity (Wildman–Crippen MR) is 47.9 cm³/mol. The molecular formula is C5H12N2O4S2. The standard InChI is InChI=1S/C5H12N2O4S2/c1-5(7-13(6,10)11)2-3-12(8,9)4-5/h7H,2-4H2,1H3,(H2,6,10,11). The second-order valence-corrected chi connectivity index (χ2v) is 7.03.